The number of amides is 3. The number of anilines is 2. The second-order valence-electron chi connectivity index (χ2n) is 10.9. The van der Waals surface area contributed by atoms with Crippen LogP contribution in [0.25, 0.3) is 0 Å². The molecule has 1 aliphatic carbocycles. The van der Waals surface area contributed by atoms with E-state index >= 15 is 0 Å². The largest absolute Gasteiger partial charge is 0.481 e. The minimum atomic E-state index is -1.05. The van der Waals surface area contributed by atoms with Gasteiger partial charge in [0.2, 0.25) is 5.91 Å². The second-order valence-corrected chi connectivity index (χ2v) is 10.9. The Morgan fingerprint density at radius 1 is 1.02 bits per heavy atom. The van der Waals surface area contributed by atoms with Crippen molar-refractivity contribution in [3.8, 4) is 0 Å². The summed E-state index contributed by atoms with van der Waals surface area (Å²) in [5.74, 6) is -1.57. The average molecular weight is 564 g/mol. The Labute approximate surface area is 239 Å². The lowest BCUT2D eigenvalue weighted by Crippen LogP contribution is -2.41. The maximum atomic E-state index is 13.3. The van der Waals surface area contributed by atoms with Crippen LogP contribution in [0.4, 0.5) is 11.4 Å². The summed E-state index contributed by atoms with van der Waals surface area (Å²) in [5.41, 5.74) is 2.21. The number of aromatic nitrogens is 1. The third-order valence-corrected chi connectivity index (χ3v) is 8.12. The summed E-state index contributed by atoms with van der Waals surface area (Å²) < 4.78 is 5.61. The first-order valence-electron chi connectivity index (χ1n) is 14.4. The van der Waals surface area contributed by atoms with Crippen molar-refractivity contribution in [1.82, 2.24) is 15.2 Å². The molecule has 2 aliphatic heterocycles. The number of pyridine rings is 1. The Kier molecular flexibility index (Phi) is 9.13. The number of rotatable bonds is 9. The van der Waals surface area contributed by atoms with E-state index in [0.29, 0.717) is 49.6 Å². The van der Waals surface area contributed by atoms with E-state index in [1.807, 2.05) is 11.0 Å². The lowest BCUT2D eigenvalue weighted by Gasteiger charge is -2.29. The molecule has 2 atom stereocenters. The summed E-state index contributed by atoms with van der Waals surface area (Å²) >= 11 is 0. The highest BCUT2D eigenvalue weighted by molar-refractivity contribution is 6.01. The van der Waals surface area contributed by atoms with Gasteiger partial charge in [-0.1, -0.05) is 12.5 Å². The first-order chi connectivity index (χ1) is 19.9. The molecule has 3 amide bonds. The van der Waals surface area contributed by atoms with Crippen LogP contribution in [0.2, 0.25) is 0 Å². The number of hydrogen-bond acceptors (Lipinski definition) is 7. The van der Waals surface area contributed by atoms with Gasteiger partial charge in [0.1, 0.15) is 6.10 Å². The van der Waals surface area contributed by atoms with Crippen molar-refractivity contribution >= 4 is 35.1 Å². The van der Waals surface area contributed by atoms with E-state index in [1.54, 1.807) is 30.5 Å². The molecule has 218 valence electrons. The van der Waals surface area contributed by atoms with E-state index in [-0.39, 0.29) is 30.3 Å². The zero-order valence-electron chi connectivity index (χ0n) is 23.1. The number of ether oxygens (including phenoxy) is 1. The van der Waals surface area contributed by atoms with Gasteiger partial charge in [-0.25, -0.2) is 0 Å². The van der Waals surface area contributed by atoms with Crippen LogP contribution < -0.4 is 15.5 Å². The quantitative estimate of drug-likeness (QED) is 0.423. The number of carbonyl (C=O) groups is 4. The Morgan fingerprint density at radius 3 is 2.56 bits per heavy atom. The molecule has 1 aromatic heterocycles. The molecule has 1 aromatic carbocycles. The van der Waals surface area contributed by atoms with E-state index in [1.165, 1.54) is 6.20 Å². The second kappa shape index (κ2) is 13.1. The monoisotopic (exact) mass is 563 g/mol. The lowest BCUT2D eigenvalue weighted by molar-refractivity contribution is -0.140. The van der Waals surface area contributed by atoms with E-state index in [2.05, 4.69) is 20.5 Å². The van der Waals surface area contributed by atoms with Crippen LogP contribution in [0.3, 0.4) is 0 Å². The molecule has 3 heterocycles. The van der Waals surface area contributed by atoms with Gasteiger partial charge < -0.3 is 30.3 Å². The number of carboxylic acid groups (broad SMARTS) is 1. The van der Waals surface area contributed by atoms with E-state index in [4.69, 9.17) is 4.74 Å². The molecule has 11 heteroatoms. The number of aliphatic carboxylic acids is 1. The third-order valence-electron chi connectivity index (χ3n) is 8.12. The van der Waals surface area contributed by atoms with Crippen LogP contribution in [0.5, 0.6) is 0 Å². The molecule has 0 spiro atoms. The van der Waals surface area contributed by atoms with Crippen molar-refractivity contribution in [3.63, 3.8) is 0 Å². The zero-order valence-corrected chi connectivity index (χ0v) is 23.1. The van der Waals surface area contributed by atoms with Gasteiger partial charge in [-0.15, -0.1) is 0 Å². The van der Waals surface area contributed by atoms with Crippen LogP contribution in [-0.2, 0) is 19.1 Å². The molecule has 1 saturated carbocycles. The number of carboxylic acids is 1. The van der Waals surface area contributed by atoms with E-state index < -0.39 is 17.9 Å². The molecule has 5 rings (SSSR count). The topological polar surface area (TPSA) is 141 Å². The summed E-state index contributed by atoms with van der Waals surface area (Å²) in [5, 5.41) is 15.3. The number of hydrogen-bond donors (Lipinski definition) is 3. The summed E-state index contributed by atoms with van der Waals surface area (Å²) in [6, 6.07) is 7.81. The first-order valence-corrected chi connectivity index (χ1v) is 14.4. The Bertz CT molecular complexity index is 1260. The van der Waals surface area contributed by atoms with Gasteiger partial charge in [0.25, 0.3) is 11.8 Å². The van der Waals surface area contributed by atoms with Crippen molar-refractivity contribution in [2.75, 3.05) is 43.0 Å². The molecule has 3 fully saturated rings. The van der Waals surface area contributed by atoms with Gasteiger partial charge in [0, 0.05) is 56.7 Å². The average Bonchev–Trinajstić information content (AvgIpc) is 3.36. The van der Waals surface area contributed by atoms with Gasteiger partial charge in [0.05, 0.1) is 23.8 Å². The summed E-state index contributed by atoms with van der Waals surface area (Å²) in [6.45, 7) is 3.07. The van der Waals surface area contributed by atoms with Gasteiger partial charge in [-0.2, -0.15) is 0 Å². The van der Waals surface area contributed by atoms with Gasteiger partial charge in [0.15, 0.2) is 0 Å². The molecule has 2 saturated heterocycles. The fraction of sp³-hybridized carbons (Fsp3) is 0.500. The van der Waals surface area contributed by atoms with Gasteiger partial charge in [-0.05, 0) is 61.9 Å². The predicted molar refractivity (Wildman–Crippen MR) is 151 cm³/mol. The van der Waals surface area contributed by atoms with Crippen LogP contribution in [0.15, 0.2) is 42.7 Å². The predicted octanol–water partition coefficient (Wildman–Crippen LogP) is 2.98. The van der Waals surface area contributed by atoms with Crippen molar-refractivity contribution in [1.29, 1.82) is 0 Å². The van der Waals surface area contributed by atoms with Gasteiger partial charge >= 0.3 is 5.97 Å². The van der Waals surface area contributed by atoms with E-state index in [9.17, 15) is 24.3 Å². The highest BCUT2D eigenvalue weighted by Gasteiger charge is 2.31. The summed E-state index contributed by atoms with van der Waals surface area (Å²) in [4.78, 5) is 58.8. The lowest BCUT2D eigenvalue weighted by atomic mass is 9.85. The minimum absolute atomic E-state index is 0.0411. The van der Waals surface area contributed by atoms with Crippen molar-refractivity contribution in [3.05, 3.63) is 53.9 Å². The normalized spacial score (nSPS) is 20.0. The molecular weight excluding hydrogens is 526 g/mol. The smallest absolute Gasteiger partial charge is 0.305 e. The number of nitrogens with one attached hydrogen (secondary N) is 2. The van der Waals surface area contributed by atoms with Crippen LogP contribution >= 0.6 is 0 Å². The zero-order chi connectivity index (χ0) is 28.8. The van der Waals surface area contributed by atoms with Crippen molar-refractivity contribution in [2.45, 2.75) is 57.1 Å². The standard InChI is InChI=1S/C30H37N5O6/c36-27(37)18-23(22-7-2-11-31-19-22)32-29(39)21-9-10-25(24(17-21)33-28(38)20-5-1-6-20)34-12-4-13-35(15-14-34)30(40)26-8-3-16-41-26/h2,7,9-11,17,19-20,23,26H,1,3-6,8,12-16,18H2,(H,32,39)(H,33,38)(H,36,37). The molecule has 0 bridgehead atoms. The fourth-order valence-electron chi connectivity index (χ4n) is 5.56. The molecule has 41 heavy (non-hydrogen) atoms. The molecule has 2 aromatic rings. The molecular formula is C30H37N5O6. The molecule has 3 N–H and O–H groups in total. The van der Waals surface area contributed by atoms with E-state index in [0.717, 1.165) is 44.2 Å². The number of benzene rings is 1. The fourth-order valence-corrected chi connectivity index (χ4v) is 5.56. The minimum Gasteiger partial charge on any atom is -0.481 e. The van der Waals surface area contributed by atoms with Crippen LogP contribution in [-0.4, -0.2) is 77.6 Å². The highest BCUT2D eigenvalue weighted by atomic mass is 16.5. The highest BCUT2D eigenvalue weighted by Crippen LogP contribution is 2.33. The Morgan fingerprint density at radius 2 is 1.88 bits per heavy atom. The Balaban J connectivity index is 1.35. The summed E-state index contributed by atoms with van der Waals surface area (Å²) in [7, 11) is 0. The molecule has 2 unspecified atom stereocenters. The van der Waals surface area contributed by atoms with Crippen molar-refractivity contribution < 1.29 is 29.0 Å². The van der Waals surface area contributed by atoms with Crippen LogP contribution in [0.1, 0.15) is 66.9 Å². The number of nitrogens with zero attached hydrogens (tertiary/aromatic N) is 3. The first kappa shape index (κ1) is 28.5. The summed E-state index contributed by atoms with van der Waals surface area (Å²) in [6.07, 6.45) is 7.59. The third kappa shape index (κ3) is 7.02. The number of carbonyl (C=O) groups excluding carboxylic acids is 3. The Hall–Kier alpha value is -3.99. The molecule has 0 radical (unpaired) electrons. The SMILES string of the molecule is O=C(O)CC(NC(=O)c1ccc(N2CCCN(C(=O)C3CCCO3)CC2)c(NC(=O)C2CCC2)c1)c1cccnc1. The molecule has 11 nitrogen and oxygen atoms in total. The van der Waals surface area contributed by atoms with Crippen LogP contribution in [0, 0.1) is 5.92 Å². The maximum absolute atomic E-state index is 13.3. The maximum Gasteiger partial charge on any atom is 0.305 e. The molecule has 3 aliphatic rings. The van der Waals surface area contributed by atoms with Crippen molar-refractivity contribution in [2.24, 2.45) is 5.92 Å². The van der Waals surface area contributed by atoms with Gasteiger partial charge in [-0.3, -0.25) is 24.2 Å².